The molecule has 0 amide bonds. The molecule has 0 heterocycles. The van der Waals surface area contributed by atoms with E-state index in [9.17, 15) is 27.3 Å². The van der Waals surface area contributed by atoms with Crippen LogP contribution in [0.5, 0.6) is 0 Å². The van der Waals surface area contributed by atoms with Gasteiger partial charge in [-0.05, 0) is 12.1 Å². The molecule has 0 atom stereocenters. The van der Waals surface area contributed by atoms with E-state index in [1.165, 1.54) is 18.2 Å². The first kappa shape index (κ1) is 15.0. The van der Waals surface area contributed by atoms with Gasteiger partial charge in [-0.2, -0.15) is 8.78 Å². The number of hydrogen-bond donors (Lipinski definition) is 0. The Labute approximate surface area is 118 Å². The summed E-state index contributed by atoms with van der Waals surface area (Å²) in [5.41, 5.74) is -1.55. The monoisotopic (exact) mass is 313 g/mol. The molecule has 0 bridgehead atoms. The van der Waals surface area contributed by atoms with Crippen molar-refractivity contribution >= 4 is 15.5 Å². The van der Waals surface area contributed by atoms with Crippen molar-refractivity contribution in [2.75, 3.05) is 0 Å². The smallest absolute Gasteiger partial charge is 0.258 e. The average Bonchev–Trinajstić information content (AvgIpc) is 2.48. The molecule has 0 radical (unpaired) electrons. The van der Waals surface area contributed by atoms with Gasteiger partial charge in [-0.3, -0.25) is 10.1 Å². The van der Waals surface area contributed by atoms with Gasteiger partial charge in [0.25, 0.3) is 5.69 Å². The topological polar surface area (TPSA) is 77.3 Å². The minimum atomic E-state index is -4.99. The van der Waals surface area contributed by atoms with Crippen LogP contribution in [0.3, 0.4) is 0 Å². The second-order valence-electron chi connectivity index (χ2n) is 4.14. The summed E-state index contributed by atoms with van der Waals surface area (Å²) in [7, 11) is -4.99. The molecule has 0 N–H and O–H groups in total. The second-order valence-corrected chi connectivity index (χ2v) is 6.13. The number of nitro groups is 1. The zero-order valence-electron chi connectivity index (χ0n) is 10.4. The van der Waals surface area contributed by atoms with Gasteiger partial charge in [-0.25, -0.2) is 8.42 Å². The molecule has 2 aromatic carbocycles. The molecule has 0 saturated carbocycles. The first-order valence-corrected chi connectivity index (χ1v) is 7.17. The minimum Gasteiger partial charge on any atom is -0.258 e. The summed E-state index contributed by atoms with van der Waals surface area (Å²) in [6.45, 7) is 0. The summed E-state index contributed by atoms with van der Waals surface area (Å²) >= 11 is 0. The molecule has 21 heavy (non-hydrogen) atoms. The SMILES string of the molecule is O=[N+]([O-])c1cccc(C(F)(F)S(=O)(=O)c2ccccc2)c1. The fourth-order valence-corrected chi connectivity index (χ4v) is 2.95. The van der Waals surface area contributed by atoms with Gasteiger partial charge in [0.1, 0.15) is 0 Å². The molecular weight excluding hydrogens is 304 g/mol. The molecule has 0 saturated heterocycles. The van der Waals surface area contributed by atoms with E-state index in [2.05, 4.69) is 0 Å². The molecule has 110 valence electrons. The van der Waals surface area contributed by atoms with Crippen LogP contribution in [-0.2, 0) is 15.1 Å². The standard InChI is InChI=1S/C13H9F2NO4S/c14-13(15,10-5-4-6-11(9-10)16(17)18)21(19,20)12-7-2-1-3-8-12/h1-9H. The van der Waals surface area contributed by atoms with Crippen LogP contribution >= 0.6 is 0 Å². The Morgan fingerprint density at radius 3 is 2.19 bits per heavy atom. The van der Waals surface area contributed by atoms with Crippen molar-refractivity contribution < 1.29 is 22.1 Å². The summed E-state index contributed by atoms with van der Waals surface area (Å²) in [5, 5.41) is 6.35. The van der Waals surface area contributed by atoms with Crippen molar-refractivity contribution in [3.05, 3.63) is 70.3 Å². The third kappa shape index (κ3) is 2.62. The van der Waals surface area contributed by atoms with Crippen LogP contribution in [0.2, 0.25) is 0 Å². The third-order valence-electron chi connectivity index (χ3n) is 2.78. The van der Waals surface area contributed by atoms with Crippen LogP contribution in [0.4, 0.5) is 14.5 Å². The number of rotatable bonds is 4. The lowest BCUT2D eigenvalue weighted by Gasteiger charge is -2.17. The number of hydrogen-bond acceptors (Lipinski definition) is 4. The summed E-state index contributed by atoms with van der Waals surface area (Å²) in [6.07, 6.45) is 0. The second kappa shape index (κ2) is 5.21. The lowest BCUT2D eigenvalue weighted by Crippen LogP contribution is -2.26. The third-order valence-corrected chi connectivity index (χ3v) is 4.59. The van der Waals surface area contributed by atoms with Crippen molar-refractivity contribution in [3.8, 4) is 0 Å². The predicted molar refractivity (Wildman–Crippen MR) is 70.6 cm³/mol. The van der Waals surface area contributed by atoms with Crippen molar-refractivity contribution in [1.82, 2.24) is 0 Å². The molecule has 0 aliphatic heterocycles. The Morgan fingerprint density at radius 2 is 1.62 bits per heavy atom. The molecule has 0 unspecified atom stereocenters. The first-order chi connectivity index (χ1) is 9.76. The van der Waals surface area contributed by atoms with E-state index in [0.29, 0.717) is 6.07 Å². The summed E-state index contributed by atoms with van der Waals surface area (Å²) < 4.78 is 52.5. The first-order valence-electron chi connectivity index (χ1n) is 5.69. The molecule has 5 nitrogen and oxygen atoms in total. The fraction of sp³-hybridized carbons (Fsp3) is 0.0769. The molecule has 2 rings (SSSR count). The Bertz CT molecular complexity index is 776. The normalized spacial score (nSPS) is 12.1. The molecule has 0 spiro atoms. The van der Waals surface area contributed by atoms with Crippen molar-refractivity contribution in [1.29, 1.82) is 0 Å². The number of non-ortho nitro benzene ring substituents is 1. The average molecular weight is 313 g/mol. The molecule has 0 aromatic heterocycles. The van der Waals surface area contributed by atoms with Crippen molar-refractivity contribution in [3.63, 3.8) is 0 Å². The van der Waals surface area contributed by atoms with E-state index >= 15 is 0 Å². The maximum absolute atomic E-state index is 14.3. The Hall–Kier alpha value is -2.35. The highest BCUT2D eigenvalue weighted by molar-refractivity contribution is 7.92. The quantitative estimate of drug-likeness (QED) is 0.642. The highest BCUT2D eigenvalue weighted by Gasteiger charge is 2.48. The van der Waals surface area contributed by atoms with Crippen LogP contribution in [0, 0.1) is 10.1 Å². The van der Waals surface area contributed by atoms with Crippen LogP contribution in [0.1, 0.15) is 5.56 Å². The van der Waals surface area contributed by atoms with Gasteiger partial charge < -0.3 is 0 Å². The van der Waals surface area contributed by atoms with E-state index in [0.717, 1.165) is 30.3 Å². The highest BCUT2D eigenvalue weighted by atomic mass is 32.2. The van der Waals surface area contributed by atoms with E-state index in [4.69, 9.17) is 0 Å². The number of alkyl halides is 2. The van der Waals surface area contributed by atoms with Gasteiger partial charge in [0, 0.05) is 17.7 Å². The molecule has 2 aromatic rings. The zero-order valence-corrected chi connectivity index (χ0v) is 11.3. The summed E-state index contributed by atoms with van der Waals surface area (Å²) in [5.74, 6) is 0. The van der Waals surface area contributed by atoms with Crippen LogP contribution < -0.4 is 0 Å². The van der Waals surface area contributed by atoms with Gasteiger partial charge in [0.2, 0.25) is 9.84 Å². The van der Waals surface area contributed by atoms with E-state index < -0.39 is 36.2 Å². The summed E-state index contributed by atoms with van der Waals surface area (Å²) in [4.78, 5) is 9.19. The number of nitro benzene ring substituents is 1. The maximum atomic E-state index is 14.3. The Kier molecular flexibility index (Phi) is 3.73. The van der Waals surface area contributed by atoms with Gasteiger partial charge in [-0.15, -0.1) is 0 Å². The van der Waals surface area contributed by atoms with Gasteiger partial charge in [-0.1, -0.05) is 30.3 Å². The molecule has 0 fully saturated rings. The Morgan fingerprint density at radius 1 is 1.00 bits per heavy atom. The van der Waals surface area contributed by atoms with Crippen LogP contribution in [0.15, 0.2) is 59.5 Å². The maximum Gasteiger partial charge on any atom is 0.375 e. The van der Waals surface area contributed by atoms with Crippen LogP contribution in [0.25, 0.3) is 0 Å². The minimum absolute atomic E-state index is 0.554. The molecule has 8 heteroatoms. The number of halogens is 2. The van der Waals surface area contributed by atoms with Crippen molar-refractivity contribution in [2.45, 2.75) is 10.2 Å². The van der Waals surface area contributed by atoms with Gasteiger partial charge in [0.05, 0.1) is 9.82 Å². The van der Waals surface area contributed by atoms with E-state index in [1.807, 2.05) is 0 Å². The van der Waals surface area contributed by atoms with Gasteiger partial charge in [0.15, 0.2) is 0 Å². The van der Waals surface area contributed by atoms with E-state index in [1.54, 1.807) is 0 Å². The zero-order chi connectivity index (χ0) is 15.7. The summed E-state index contributed by atoms with van der Waals surface area (Å²) in [6, 6.07) is 9.63. The largest absolute Gasteiger partial charge is 0.375 e. The van der Waals surface area contributed by atoms with Crippen molar-refractivity contribution in [2.24, 2.45) is 0 Å². The Balaban J connectivity index is 2.56. The number of sulfone groups is 1. The lowest BCUT2D eigenvalue weighted by atomic mass is 10.2. The van der Waals surface area contributed by atoms with Crippen LogP contribution in [-0.4, -0.2) is 13.3 Å². The van der Waals surface area contributed by atoms with Gasteiger partial charge >= 0.3 is 5.25 Å². The molecular formula is C13H9F2NO4S. The number of benzene rings is 2. The predicted octanol–water partition coefficient (Wildman–Crippen LogP) is 3.12. The highest BCUT2D eigenvalue weighted by Crippen LogP contribution is 2.39. The fourth-order valence-electron chi connectivity index (χ4n) is 1.70. The lowest BCUT2D eigenvalue weighted by molar-refractivity contribution is -0.385. The molecule has 0 aliphatic carbocycles. The number of nitrogens with zero attached hydrogens (tertiary/aromatic N) is 1. The molecule has 0 aliphatic rings. The van der Waals surface area contributed by atoms with E-state index in [-0.39, 0.29) is 0 Å².